The van der Waals surface area contributed by atoms with E-state index in [1.165, 1.54) is 22.7 Å². The van der Waals surface area contributed by atoms with Crippen LogP contribution in [0.4, 0.5) is 0 Å². The highest BCUT2D eigenvalue weighted by Crippen LogP contribution is 2.17. The average molecular weight is 291 g/mol. The first-order valence-electron chi connectivity index (χ1n) is 5.68. The van der Waals surface area contributed by atoms with Gasteiger partial charge in [0.05, 0.1) is 23.0 Å². The molecule has 4 nitrogen and oxygen atoms in total. The Kier molecular flexibility index (Phi) is 4.68. The molecule has 98 valence electrons. The summed E-state index contributed by atoms with van der Waals surface area (Å²) in [6.45, 7) is 2.23. The third-order valence-corrected chi connectivity index (χ3v) is 4.15. The molecule has 0 aromatic carbocycles. The summed E-state index contributed by atoms with van der Waals surface area (Å²) in [5.74, 6) is 5.57. The SMILES string of the molecule is CC(NC(=O)c1csc(C#CCN)c1)c1nccs1. The molecule has 3 N–H and O–H groups in total. The van der Waals surface area contributed by atoms with E-state index in [1.807, 2.05) is 12.3 Å². The van der Waals surface area contributed by atoms with Crippen LogP contribution in [0.15, 0.2) is 23.0 Å². The molecule has 1 amide bonds. The van der Waals surface area contributed by atoms with Crippen LogP contribution in [0.25, 0.3) is 0 Å². The van der Waals surface area contributed by atoms with Crippen LogP contribution < -0.4 is 11.1 Å². The second kappa shape index (κ2) is 6.48. The lowest BCUT2D eigenvalue weighted by atomic mass is 10.2. The van der Waals surface area contributed by atoms with Gasteiger partial charge in [0, 0.05) is 17.0 Å². The van der Waals surface area contributed by atoms with Gasteiger partial charge in [-0.15, -0.1) is 22.7 Å². The maximum atomic E-state index is 12.0. The minimum atomic E-state index is -0.111. The highest BCUT2D eigenvalue weighted by molar-refractivity contribution is 7.10. The Balaban J connectivity index is 2.02. The number of rotatable bonds is 3. The number of nitrogens with zero attached hydrogens (tertiary/aromatic N) is 1. The van der Waals surface area contributed by atoms with Crippen molar-refractivity contribution in [1.82, 2.24) is 10.3 Å². The maximum absolute atomic E-state index is 12.0. The van der Waals surface area contributed by atoms with E-state index in [-0.39, 0.29) is 11.9 Å². The lowest BCUT2D eigenvalue weighted by Crippen LogP contribution is -2.26. The smallest absolute Gasteiger partial charge is 0.252 e. The largest absolute Gasteiger partial charge is 0.343 e. The topological polar surface area (TPSA) is 68.0 Å². The number of nitrogens with one attached hydrogen (secondary N) is 1. The van der Waals surface area contributed by atoms with Crippen LogP contribution in [0.2, 0.25) is 0 Å². The molecule has 0 fully saturated rings. The van der Waals surface area contributed by atoms with E-state index in [4.69, 9.17) is 5.73 Å². The summed E-state index contributed by atoms with van der Waals surface area (Å²) in [6.07, 6.45) is 1.73. The number of hydrogen-bond acceptors (Lipinski definition) is 5. The predicted octanol–water partition coefficient (Wildman–Crippen LogP) is 2.01. The lowest BCUT2D eigenvalue weighted by Gasteiger charge is -2.09. The van der Waals surface area contributed by atoms with Crippen LogP contribution in [-0.2, 0) is 0 Å². The molecule has 2 aromatic heterocycles. The minimum absolute atomic E-state index is 0.0917. The summed E-state index contributed by atoms with van der Waals surface area (Å²) < 4.78 is 0. The Bertz CT molecular complexity index is 607. The van der Waals surface area contributed by atoms with Crippen LogP contribution in [0.3, 0.4) is 0 Å². The lowest BCUT2D eigenvalue weighted by molar-refractivity contribution is 0.0940. The Morgan fingerprint density at radius 2 is 2.42 bits per heavy atom. The molecule has 2 aromatic rings. The van der Waals surface area contributed by atoms with Gasteiger partial charge in [-0.1, -0.05) is 11.8 Å². The highest BCUT2D eigenvalue weighted by atomic mass is 32.1. The highest BCUT2D eigenvalue weighted by Gasteiger charge is 2.14. The third kappa shape index (κ3) is 3.64. The third-order valence-electron chi connectivity index (χ3n) is 2.34. The molecule has 1 atom stereocenters. The van der Waals surface area contributed by atoms with Gasteiger partial charge in [0.15, 0.2) is 0 Å². The zero-order valence-electron chi connectivity index (χ0n) is 10.3. The van der Waals surface area contributed by atoms with Gasteiger partial charge in [-0.25, -0.2) is 4.98 Å². The van der Waals surface area contributed by atoms with Crippen LogP contribution in [0.5, 0.6) is 0 Å². The second-order valence-electron chi connectivity index (χ2n) is 3.77. The molecule has 2 rings (SSSR count). The number of aromatic nitrogens is 1. The number of amides is 1. The summed E-state index contributed by atoms with van der Waals surface area (Å²) in [5.41, 5.74) is 5.93. The van der Waals surface area contributed by atoms with Crippen LogP contribution in [0, 0.1) is 11.8 Å². The monoisotopic (exact) mass is 291 g/mol. The van der Waals surface area contributed by atoms with E-state index in [0.29, 0.717) is 12.1 Å². The predicted molar refractivity (Wildman–Crippen MR) is 78.2 cm³/mol. The first-order chi connectivity index (χ1) is 9.20. The van der Waals surface area contributed by atoms with E-state index in [0.717, 1.165) is 9.88 Å². The Hall–Kier alpha value is -1.68. The van der Waals surface area contributed by atoms with Crippen LogP contribution in [-0.4, -0.2) is 17.4 Å². The molecule has 6 heteroatoms. The van der Waals surface area contributed by atoms with Crippen molar-refractivity contribution in [1.29, 1.82) is 0 Å². The molecule has 0 aliphatic carbocycles. The van der Waals surface area contributed by atoms with E-state index in [9.17, 15) is 4.79 Å². The molecule has 0 radical (unpaired) electrons. The molecule has 2 heterocycles. The summed E-state index contributed by atoms with van der Waals surface area (Å²) in [7, 11) is 0. The standard InChI is InChI=1S/C13H13N3OS2/c1-9(13-15-5-6-18-13)16-12(17)10-7-11(19-8-10)3-2-4-14/h5-9H,4,14H2,1H3,(H,16,17). The fourth-order valence-electron chi connectivity index (χ4n) is 1.45. The zero-order chi connectivity index (χ0) is 13.7. The molecular formula is C13H13N3OS2. The van der Waals surface area contributed by atoms with E-state index >= 15 is 0 Å². The van der Waals surface area contributed by atoms with Gasteiger partial charge in [-0.3, -0.25) is 4.79 Å². The van der Waals surface area contributed by atoms with Gasteiger partial charge >= 0.3 is 0 Å². The zero-order valence-corrected chi connectivity index (χ0v) is 12.0. The maximum Gasteiger partial charge on any atom is 0.252 e. The molecule has 0 bridgehead atoms. The van der Waals surface area contributed by atoms with E-state index in [2.05, 4.69) is 22.1 Å². The Morgan fingerprint density at radius 3 is 3.11 bits per heavy atom. The van der Waals surface area contributed by atoms with Crippen molar-refractivity contribution in [2.45, 2.75) is 13.0 Å². The average Bonchev–Trinajstić information content (AvgIpc) is 3.07. The first kappa shape index (κ1) is 13.7. The number of hydrogen-bond donors (Lipinski definition) is 2. The van der Waals surface area contributed by atoms with Crippen molar-refractivity contribution >= 4 is 28.6 Å². The van der Waals surface area contributed by atoms with Gasteiger partial charge in [-0.2, -0.15) is 0 Å². The number of nitrogens with two attached hydrogens (primary N) is 1. The van der Waals surface area contributed by atoms with Crippen molar-refractivity contribution in [3.05, 3.63) is 38.5 Å². The molecule has 0 spiro atoms. The normalized spacial score (nSPS) is 11.5. The molecule has 0 aliphatic heterocycles. The minimum Gasteiger partial charge on any atom is -0.343 e. The molecule has 0 aliphatic rings. The summed E-state index contributed by atoms with van der Waals surface area (Å²) >= 11 is 2.96. The van der Waals surface area contributed by atoms with Crippen molar-refractivity contribution in [3.63, 3.8) is 0 Å². The second-order valence-corrected chi connectivity index (χ2v) is 5.61. The quantitative estimate of drug-likeness (QED) is 0.850. The Morgan fingerprint density at radius 1 is 1.58 bits per heavy atom. The molecular weight excluding hydrogens is 278 g/mol. The fraction of sp³-hybridized carbons (Fsp3) is 0.231. The van der Waals surface area contributed by atoms with E-state index in [1.54, 1.807) is 17.6 Å². The van der Waals surface area contributed by atoms with Gasteiger partial charge in [-0.05, 0) is 13.0 Å². The number of thiazole rings is 1. The Labute approximate surface area is 119 Å². The van der Waals surface area contributed by atoms with Gasteiger partial charge in [0.25, 0.3) is 5.91 Å². The van der Waals surface area contributed by atoms with E-state index < -0.39 is 0 Å². The number of thiophene rings is 1. The molecule has 0 saturated carbocycles. The van der Waals surface area contributed by atoms with Crippen molar-refractivity contribution < 1.29 is 4.79 Å². The first-order valence-corrected chi connectivity index (χ1v) is 7.44. The van der Waals surface area contributed by atoms with Crippen LogP contribution >= 0.6 is 22.7 Å². The van der Waals surface area contributed by atoms with Gasteiger partial charge in [0.1, 0.15) is 5.01 Å². The van der Waals surface area contributed by atoms with Crippen molar-refractivity contribution in [3.8, 4) is 11.8 Å². The number of carbonyl (C=O) groups is 1. The van der Waals surface area contributed by atoms with Crippen LogP contribution in [0.1, 0.15) is 33.2 Å². The summed E-state index contributed by atoms with van der Waals surface area (Å²) in [5, 5.41) is 7.49. The summed E-state index contributed by atoms with van der Waals surface area (Å²) in [4.78, 5) is 17.1. The van der Waals surface area contributed by atoms with Gasteiger partial charge in [0.2, 0.25) is 0 Å². The van der Waals surface area contributed by atoms with Gasteiger partial charge < -0.3 is 11.1 Å². The van der Waals surface area contributed by atoms with Crippen molar-refractivity contribution in [2.24, 2.45) is 5.73 Å². The summed E-state index contributed by atoms with van der Waals surface area (Å²) in [6, 6.07) is 1.68. The molecule has 0 saturated heterocycles. The van der Waals surface area contributed by atoms with Crippen molar-refractivity contribution in [2.75, 3.05) is 6.54 Å². The molecule has 1 unspecified atom stereocenters. The molecule has 19 heavy (non-hydrogen) atoms. The fourth-order valence-corrected chi connectivity index (χ4v) is 2.85. The number of carbonyl (C=O) groups excluding carboxylic acids is 1.